The van der Waals surface area contributed by atoms with Gasteiger partial charge in [-0.2, -0.15) is 0 Å². The molecule has 16 heavy (non-hydrogen) atoms. The zero-order valence-corrected chi connectivity index (χ0v) is 9.49. The fourth-order valence-corrected chi connectivity index (χ4v) is 2.29. The molecule has 1 N–H and O–H groups in total. The molecule has 0 unspecified atom stereocenters. The van der Waals surface area contributed by atoms with Crippen molar-refractivity contribution < 1.29 is 9.90 Å². The van der Waals surface area contributed by atoms with Crippen LogP contribution in [0.4, 0.5) is 0 Å². The van der Waals surface area contributed by atoms with E-state index in [0.29, 0.717) is 5.69 Å². The second-order valence-corrected chi connectivity index (χ2v) is 4.26. The van der Waals surface area contributed by atoms with Gasteiger partial charge in [0.1, 0.15) is 5.01 Å². The lowest BCUT2D eigenvalue weighted by Crippen LogP contribution is -1.99. The third-order valence-corrected chi connectivity index (χ3v) is 3.06. The van der Waals surface area contributed by atoms with Gasteiger partial charge in [-0.3, -0.25) is 9.78 Å². The standard InChI is InChI=1S/C11H10N2O2S/c1-7-5-12-3-2-9(7)11-13-8(6-16-11)4-10(14)15/h2-3,5-6H,4H2,1H3,(H,14,15). The molecule has 4 nitrogen and oxygen atoms in total. The van der Waals surface area contributed by atoms with Gasteiger partial charge in [-0.05, 0) is 18.6 Å². The molecule has 5 heteroatoms. The minimum atomic E-state index is -0.858. The van der Waals surface area contributed by atoms with E-state index in [9.17, 15) is 4.79 Å². The highest BCUT2D eigenvalue weighted by atomic mass is 32.1. The van der Waals surface area contributed by atoms with Crippen LogP contribution in [0.2, 0.25) is 0 Å². The van der Waals surface area contributed by atoms with Gasteiger partial charge in [0.05, 0.1) is 12.1 Å². The summed E-state index contributed by atoms with van der Waals surface area (Å²) in [5.74, 6) is -0.858. The van der Waals surface area contributed by atoms with Crippen LogP contribution in [0, 0.1) is 6.92 Å². The van der Waals surface area contributed by atoms with E-state index in [1.807, 2.05) is 13.0 Å². The highest BCUT2D eigenvalue weighted by Gasteiger charge is 2.09. The number of carboxylic acid groups (broad SMARTS) is 1. The summed E-state index contributed by atoms with van der Waals surface area (Å²) in [4.78, 5) is 18.8. The van der Waals surface area contributed by atoms with Gasteiger partial charge in [0.15, 0.2) is 0 Å². The predicted molar refractivity (Wildman–Crippen MR) is 61.4 cm³/mol. The average Bonchev–Trinajstić information content (AvgIpc) is 2.66. The van der Waals surface area contributed by atoms with Crippen LogP contribution in [-0.2, 0) is 11.2 Å². The lowest BCUT2D eigenvalue weighted by molar-refractivity contribution is -0.136. The third-order valence-electron chi connectivity index (χ3n) is 2.13. The molecule has 0 fully saturated rings. The topological polar surface area (TPSA) is 63.1 Å². The number of hydrogen-bond donors (Lipinski definition) is 1. The second kappa shape index (κ2) is 4.40. The molecule has 0 spiro atoms. The molecule has 2 aromatic rings. The first-order valence-corrected chi connectivity index (χ1v) is 5.62. The molecule has 0 atom stereocenters. The zero-order chi connectivity index (χ0) is 11.5. The molecule has 0 saturated heterocycles. The Morgan fingerprint density at radius 1 is 1.56 bits per heavy atom. The summed E-state index contributed by atoms with van der Waals surface area (Å²) in [5, 5.41) is 11.3. The minimum Gasteiger partial charge on any atom is -0.481 e. The van der Waals surface area contributed by atoms with Crippen molar-refractivity contribution in [3.05, 3.63) is 35.1 Å². The lowest BCUT2D eigenvalue weighted by Gasteiger charge is -1.99. The van der Waals surface area contributed by atoms with Crippen LogP contribution in [-0.4, -0.2) is 21.0 Å². The molecule has 82 valence electrons. The van der Waals surface area contributed by atoms with E-state index in [1.54, 1.807) is 17.8 Å². The van der Waals surface area contributed by atoms with Crippen LogP contribution in [0.25, 0.3) is 10.6 Å². The first kappa shape index (κ1) is 10.8. The number of nitrogens with zero attached hydrogens (tertiary/aromatic N) is 2. The summed E-state index contributed by atoms with van der Waals surface area (Å²) >= 11 is 1.46. The van der Waals surface area contributed by atoms with Crippen molar-refractivity contribution in [3.63, 3.8) is 0 Å². The van der Waals surface area contributed by atoms with E-state index in [2.05, 4.69) is 9.97 Å². The smallest absolute Gasteiger partial charge is 0.309 e. The van der Waals surface area contributed by atoms with Crippen LogP contribution < -0.4 is 0 Å². The summed E-state index contributed by atoms with van der Waals surface area (Å²) in [7, 11) is 0. The van der Waals surface area contributed by atoms with Crippen molar-refractivity contribution in [1.29, 1.82) is 0 Å². The average molecular weight is 234 g/mol. The summed E-state index contributed by atoms with van der Waals surface area (Å²) in [6, 6.07) is 1.89. The number of thiazole rings is 1. The van der Waals surface area contributed by atoms with Crippen molar-refractivity contribution in [2.75, 3.05) is 0 Å². The molecule has 2 aromatic heterocycles. The van der Waals surface area contributed by atoms with Gasteiger partial charge in [-0.1, -0.05) is 0 Å². The monoisotopic (exact) mass is 234 g/mol. The number of aliphatic carboxylic acids is 1. The Balaban J connectivity index is 2.32. The largest absolute Gasteiger partial charge is 0.481 e. The van der Waals surface area contributed by atoms with Crippen molar-refractivity contribution in [2.45, 2.75) is 13.3 Å². The van der Waals surface area contributed by atoms with Gasteiger partial charge in [0.2, 0.25) is 0 Å². The fourth-order valence-electron chi connectivity index (χ4n) is 1.38. The maximum absolute atomic E-state index is 10.5. The van der Waals surface area contributed by atoms with E-state index in [0.717, 1.165) is 16.1 Å². The Bertz CT molecular complexity index is 522. The van der Waals surface area contributed by atoms with E-state index in [-0.39, 0.29) is 6.42 Å². The molecule has 2 heterocycles. The normalized spacial score (nSPS) is 10.3. The van der Waals surface area contributed by atoms with E-state index >= 15 is 0 Å². The Labute approximate surface area is 96.6 Å². The third kappa shape index (κ3) is 2.25. The Morgan fingerprint density at radius 3 is 3.06 bits per heavy atom. The molecule has 0 aliphatic carbocycles. The number of pyridine rings is 1. The molecule has 2 rings (SSSR count). The summed E-state index contributed by atoms with van der Waals surface area (Å²) in [5.41, 5.74) is 2.65. The van der Waals surface area contributed by atoms with Gasteiger partial charge in [-0.15, -0.1) is 11.3 Å². The summed E-state index contributed by atoms with van der Waals surface area (Å²) < 4.78 is 0. The fraction of sp³-hybridized carbons (Fsp3) is 0.182. The Morgan fingerprint density at radius 2 is 2.38 bits per heavy atom. The number of aromatic nitrogens is 2. The minimum absolute atomic E-state index is 0.0272. The molecule has 0 aliphatic heterocycles. The van der Waals surface area contributed by atoms with Crippen LogP contribution in [0.15, 0.2) is 23.8 Å². The van der Waals surface area contributed by atoms with Crippen molar-refractivity contribution in [3.8, 4) is 10.6 Å². The molecule has 0 bridgehead atoms. The van der Waals surface area contributed by atoms with Crippen molar-refractivity contribution in [2.24, 2.45) is 0 Å². The van der Waals surface area contributed by atoms with Crippen LogP contribution in [0.5, 0.6) is 0 Å². The lowest BCUT2D eigenvalue weighted by atomic mass is 10.2. The van der Waals surface area contributed by atoms with Gasteiger partial charge < -0.3 is 5.11 Å². The number of hydrogen-bond acceptors (Lipinski definition) is 4. The number of carbonyl (C=O) groups is 1. The molecule has 0 aliphatic rings. The van der Waals surface area contributed by atoms with Crippen molar-refractivity contribution >= 4 is 17.3 Å². The Kier molecular flexibility index (Phi) is 2.96. The van der Waals surface area contributed by atoms with E-state index in [1.165, 1.54) is 11.3 Å². The second-order valence-electron chi connectivity index (χ2n) is 3.41. The predicted octanol–water partition coefficient (Wildman–Crippen LogP) is 2.14. The summed E-state index contributed by atoms with van der Waals surface area (Å²) in [6.45, 7) is 1.96. The molecule has 0 aromatic carbocycles. The first-order chi connectivity index (χ1) is 7.66. The molecule has 0 amide bonds. The van der Waals surface area contributed by atoms with E-state index < -0.39 is 5.97 Å². The zero-order valence-electron chi connectivity index (χ0n) is 8.67. The highest BCUT2D eigenvalue weighted by Crippen LogP contribution is 2.25. The Hall–Kier alpha value is -1.75. The van der Waals surface area contributed by atoms with Gasteiger partial charge in [0, 0.05) is 23.3 Å². The molecular formula is C11H10N2O2S. The number of rotatable bonds is 3. The van der Waals surface area contributed by atoms with Gasteiger partial charge >= 0.3 is 5.97 Å². The molecule has 0 radical (unpaired) electrons. The molecule has 0 saturated carbocycles. The van der Waals surface area contributed by atoms with Crippen LogP contribution in [0.3, 0.4) is 0 Å². The number of aryl methyl sites for hydroxylation is 1. The number of carboxylic acids is 1. The maximum atomic E-state index is 10.5. The maximum Gasteiger partial charge on any atom is 0.309 e. The van der Waals surface area contributed by atoms with Crippen LogP contribution in [0.1, 0.15) is 11.3 Å². The van der Waals surface area contributed by atoms with Crippen LogP contribution >= 0.6 is 11.3 Å². The molecular weight excluding hydrogens is 224 g/mol. The SMILES string of the molecule is Cc1cnccc1-c1nc(CC(=O)O)cs1. The van der Waals surface area contributed by atoms with E-state index in [4.69, 9.17) is 5.11 Å². The summed E-state index contributed by atoms with van der Waals surface area (Å²) in [6.07, 6.45) is 3.45. The highest BCUT2D eigenvalue weighted by molar-refractivity contribution is 7.13. The quantitative estimate of drug-likeness (QED) is 0.883. The van der Waals surface area contributed by atoms with Gasteiger partial charge in [-0.25, -0.2) is 4.98 Å². The van der Waals surface area contributed by atoms with Gasteiger partial charge in [0.25, 0.3) is 0 Å². The first-order valence-electron chi connectivity index (χ1n) is 4.74. The van der Waals surface area contributed by atoms with Crippen molar-refractivity contribution in [1.82, 2.24) is 9.97 Å².